The van der Waals surface area contributed by atoms with Crippen LogP contribution in [0.3, 0.4) is 0 Å². The van der Waals surface area contributed by atoms with Gasteiger partial charge < -0.3 is 15.5 Å². The number of carbonyl (C=O) groups is 1. The largest absolute Gasteiger partial charge is 0.390 e. The maximum Gasteiger partial charge on any atom is 0.271 e. The molecule has 1 amide bonds. The van der Waals surface area contributed by atoms with Gasteiger partial charge in [0.2, 0.25) is 0 Å². The molecule has 1 saturated carbocycles. The Kier molecular flexibility index (Phi) is 4.03. The molecule has 1 aliphatic carbocycles. The van der Waals surface area contributed by atoms with Crippen LogP contribution in [0.25, 0.3) is 0 Å². The second-order valence-corrected chi connectivity index (χ2v) is 5.16. The fourth-order valence-corrected chi connectivity index (χ4v) is 2.70. The number of aliphatic hydroxyl groups is 2. The quantitative estimate of drug-likeness (QED) is 0.683. The second kappa shape index (κ2) is 6.12. The summed E-state index contributed by atoms with van der Waals surface area (Å²) in [5.41, 5.74) is 0.904. The lowest BCUT2D eigenvalue weighted by atomic mass is 9.96. The fourth-order valence-electron chi connectivity index (χ4n) is 2.70. The molecule has 0 unspecified atom stereocenters. The molecule has 8 nitrogen and oxygen atoms in total. The summed E-state index contributed by atoms with van der Waals surface area (Å²) in [6, 6.07) is -0.643. The van der Waals surface area contributed by atoms with E-state index in [0.717, 1.165) is 5.56 Å². The monoisotopic (exact) mass is 301 g/mol. The lowest BCUT2D eigenvalue weighted by Gasteiger charge is -2.23. The van der Waals surface area contributed by atoms with E-state index in [9.17, 15) is 15.0 Å². The summed E-state index contributed by atoms with van der Waals surface area (Å²) in [5.74, 6) is -0.722. The minimum atomic E-state index is -1.06. The van der Waals surface area contributed by atoms with E-state index in [4.69, 9.17) is 0 Å². The van der Waals surface area contributed by atoms with E-state index in [1.165, 1.54) is 24.9 Å². The van der Waals surface area contributed by atoms with Crippen LogP contribution in [0.1, 0.15) is 28.4 Å². The van der Waals surface area contributed by atoms with E-state index in [2.05, 4.69) is 25.3 Å². The molecule has 22 heavy (non-hydrogen) atoms. The molecule has 2 heterocycles. The Morgan fingerprint density at radius 3 is 2.59 bits per heavy atom. The van der Waals surface area contributed by atoms with Crippen molar-refractivity contribution in [3.8, 4) is 0 Å². The Balaban J connectivity index is 1.82. The molecule has 0 bridgehead atoms. The third-order valence-corrected chi connectivity index (χ3v) is 3.79. The van der Waals surface area contributed by atoms with Crippen molar-refractivity contribution in [1.29, 1.82) is 0 Å². The molecule has 1 aliphatic rings. The van der Waals surface area contributed by atoms with E-state index in [1.807, 2.05) is 0 Å². The van der Waals surface area contributed by atoms with Crippen LogP contribution in [0.2, 0.25) is 0 Å². The average molecular weight is 301 g/mol. The van der Waals surface area contributed by atoms with Crippen molar-refractivity contribution in [1.82, 2.24) is 25.3 Å². The van der Waals surface area contributed by atoms with Crippen molar-refractivity contribution in [2.75, 3.05) is 0 Å². The lowest BCUT2D eigenvalue weighted by molar-refractivity contribution is 0.0294. The number of aliphatic hydroxyl groups excluding tert-OH is 2. The van der Waals surface area contributed by atoms with E-state index in [0.29, 0.717) is 6.42 Å². The Morgan fingerprint density at radius 1 is 1.14 bits per heavy atom. The molecular weight excluding hydrogens is 286 g/mol. The van der Waals surface area contributed by atoms with Crippen molar-refractivity contribution < 1.29 is 15.0 Å². The predicted molar refractivity (Wildman–Crippen MR) is 74.7 cm³/mol. The molecule has 1 fully saturated rings. The van der Waals surface area contributed by atoms with Crippen LogP contribution in [-0.2, 0) is 0 Å². The van der Waals surface area contributed by atoms with Crippen molar-refractivity contribution >= 4 is 5.91 Å². The Morgan fingerprint density at radius 2 is 1.91 bits per heavy atom. The van der Waals surface area contributed by atoms with Gasteiger partial charge in [-0.05, 0) is 12.0 Å². The molecule has 0 radical (unpaired) electrons. The fraction of sp³-hybridized carbons (Fsp3) is 0.357. The van der Waals surface area contributed by atoms with E-state index < -0.39 is 24.2 Å². The summed E-state index contributed by atoms with van der Waals surface area (Å²) in [6.07, 6.45) is 7.19. The molecule has 2 aromatic rings. The maximum absolute atomic E-state index is 12.2. The third kappa shape index (κ3) is 2.78. The third-order valence-electron chi connectivity index (χ3n) is 3.79. The summed E-state index contributed by atoms with van der Waals surface area (Å²) in [4.78, 5) is 27.8. The SMILES string of the molecule is O=C(N[C@H]1[C@H](O)[C@H](O)C[C@@H]1c1cncnc1)c1cnccn1. The first-order valence-corrected chi connectivity index (χ1v) is 6.84. The zero-order valence-electron chi connectivity index (χ0n) is 11.6. The molecule has 8 heteroatoms. The summed E-state index contributed by atoms with van der Waals surface area (Å²) in [7, 11) is 0. The van der Waals surface area contributed by atoms with Crippen LogP contribution in [0, 0.1) is 0 Å². The standard InChI is InChI=1S/C14H15N5O3/c20-11-3-9(8-4-16-7-17-5-8)12(13(11)21)19-14(22)10-6-15-1-2-18-10/h1-2,4-7,9,11-13,20-21H,3H2,(H,19,22)/t9-,11-,12-,13-/m1/s1. The van der Waals surface area contributed by atoms with Gasteiger partial charge in [-0.3, -0.25) is 9.78 Å². The molecule has 0 aliphatic heterocycles. The molecule has 114 valence electrons. The van der Waals surface area contributed by atoms with Crippen molar-refractivity contribution in [2.24, 2.45) is 0 Å². The van der Waals surface area contributed by atoms with Gasteiger partial charge in [0, 0.05) is 30.7 Å². The minimum absolute atomic E-state index is 0.152. The normalized spacial score (nSPS) is 27.5. The minimum Gasteiger partial charge on any atom is -0.390 e. The van der Waals surface area contributed by atoms with Crippen LogP contribution >= 0.6 is 0 Å². The lowest BCUT2D eigenvalue weighted by Crippen LogP contribution is -2.45. The van der Waals surface area contributed by atoms with Gasteiger partial charge >= 0.3 is 0 Å². The number of nitrogens with zero attached hydrogens (tertiary/aromatic N) is 4. The van der Waals surface area contributed by atoms with Gasteiger partial charge in [0.05, 0.1) is 18.3 Å². The Bertz CT molecular complexity index is 639. The van der Waals surface area contributed by atoms with Crippen LogP contribution in [0.15, 0.2) is 37.3 Å². The van der Waals surface area contributed by atoms with Crippen molar-refractivity contribution in [3.63, 3.8) is 0 Å². The van der Waals surface area contributed by atoms with E-state index in [1.54, 1.807) is 12.4 Å². The molecule has 3 rings (SSSR count). The highest BCUT2D eigenvalue weighted by atomic mass is 16.3. The van der Waals surface area contributed by atoms with Gasteiger partial charge in [0.1, 0.15) is 18.1 Å². The molecule has 4 atom stereocenters. The summed E-state index contributed by atoms with van der Waals surface area (Å²) < 4.78 is 0. The van der Waals surface area contributed by atoms with Gasteiger partial charge in [0.15, 0.2) is 0 Å². The first-order valence-electron chi connectivity index (χ1n) is 6.84. The summed E-state index contributed by atoms with van der Waals surface area (Å²) in [6.45, 7) is 0. The van der Waals surface area contributed by atoms with Gasteiger partial charge in [-0.2, -0.15) is 0 Å². The van der Waals surface area contributed by atoms with E-state index >= 15 is 0 Å². The molecule has 0 spiro atoms. The van der Waals surface area contributed by atoms with Gasteiger partial charge in [-0.25, -0.2) is 15.0 Å². The van der Waals surface area contributed by atoms with Crippen LogP contribution in [-0.4, -0.2) is 54.3 Å². The highest BCUT2D eigenvalue weighted by molar-refractivity contribution is 5.92. The maximum atomic E-state index is 12.2. The number of hydrogen-bond donors (Lipinski definition) is 3. The smallest absolute Gasteiger partial charge is 0.271 e. The number of nitrogens with one attached hydrogen (secondary N) is 1. The number of amides is 1. The first-order chi connectivity index (χ1) is 10.7. The topological polar surface area (TPSA) is 121 Å². The number of carbonyl (C=O) groups excluding carboxylic acids is 1. The first kappa shape index (κ1) is 14.5. The number of aromatic nitrogens is 4. The van der Waals surface area contributed by atoms with E-state index in [-0.39, 0.29) is 11.6 Å². The average Bonchev–Trinajstić information content (AvgIpc) is 2.85. The van der Waals surface area contributed by atoms with Gasteiger partial charge in [0.25, 0.3) is 5.91 Å². The molecule has 0 aromatic carbocycles. The van der Waals surface area contributed by atoms with Gasteiger partial charge in [-0.1, -0.05) is 0 Å². The number of hydrogen-bond acceptors (Lipinski definition) is 7. The van der Waals surface area contributed by atoms with Crippen LogP contribution < -0.4 is 5.32 Å². The Labute approximate surface area is 126 Å². The highest BCUT2D eigenvalue weighted by Crippen LogP contribution is 2.34. The Hall–Kier alpha value is -2.45. The van der Waals surface area contributed by atoms with Crippen molar-refractivity contribution in [2.45, 2.75) is 30.6 Å². The molecule has 2 aromatic heterocycles. The van der Waals surface area contributed by atoms with Crippen molar-refractivity contribution in [3.05, 3.63) is 48.6 Å². The summed E-state index contributed by atoms with van der Waals surface area (Å²) in [5, 5.41) is 22.8. The van der Waals surface area contributed by atoms with Crippen LogP contribution in [0.5, 0.6) is 0 Å². The summed E-state index contributed by atoms with van der Waals surface area (Å²) >= 11 is 0. The zero-order valence-corrected chi connectivity index (χ0v) is 11.6. The zero-order chi connectivity index (χ0) is 15.5. The highest BCUT2D eigenvalue weighted by Gasteiger charge is 2.43. The number of rotatable bonds is 3. The molecule has 0 saturated heterocycles. The predicted octanol–water partition coefficient (Wildman–Crippen LogP) is -0.726. The van der Waals surface area contributed by atoms with Gasteiger partial charge in [-0.15, -0.1) is 0 Å². The molecule has 3 N–H and O–H groups in total. The van der Waals surface area contributed by atoms with Crippen LogP contribution in [0.4, 0.5) is 0 Å². The molecular formula is C14H15N5O3. The second-order valence-electron chi connectivity index (χ2n) is 5.16.